The number of hydrogen-bond donors (Lipinski definition) is 4. The number of unbranched alkanes of at least 4 members (excludes halogenated alkanes) is 2. The number of nitrogens with zero attached hydrogens (tertiary/aromatic N) is 2. The van der Waals surface area contributed by atoms with Gasteiger partial charge < -0.3 is 30.4 Å². The molecule has 1 fully saturated rings. The van der Waals surface area contributed by atoms with Gasteiger partial charge in [-0.1, -0.05) is 0 Å². The number of carbonyl (C=O) groups excluding carboxylic acids is 2. The SMILES string of the molecule is COP(=O)(OC)OP(=O)(OC)OP(=O)(OC)OCC1OC(n2ccc(NCCCCNC(=O)CCCCC(C)=O)nc2=O)C(O)C1O. The zero-order valence-corrected chi connectivity index (χ0v) is 29.4. The van der Waals surface area contributed by atoms with E-state index in [0.717, 1.165) is 33.0 Å². The molecular weight excluding hydrogens is 693 g/mol. The van der Waals surface area contributed by atoms with Crippen molar-refractivity contribution in [3.8, 4) is 0 Å². The molecule has 4 N–H and O–H groups in total. The van der Waals surface area contributed by atoms with Gasteiger partial charge in [0.15, 0.2) is 6.23 Å². The lowest BCUT2D eigenvalue weighted by Gasteiger charge is -2.24. The Kier molecular flexibility index (Phi) is 17.0. The summed E-state index contributed by atoms with van der Waals surface area (Å²) < 4.78 is 77.2. The number of amides is 1. The third kappa shape index (κ3) is 13.2. The van der Waals surface area contributed by atoms with Crippen molar-refractivity contribution in [2.24, 2.45) is 0 Å². The van der Waals surface area contributed by atoms with Crippen molar-refractivity contribution in [3.63, 3.8) is 0 Å². The Morgan fingerprint density at radius 2 is 1.49 bits per heavy atom. The van der Waals surface area contributed by atoms with Crippen LogP contribution >= 0.6 is 23.5 Å². The van der Waals surface area contributed by atoms with Gasteiger partial charge in [-0.3, -0.25) is 32.0 Å². The maximum Gasteiger partial charge on any atom is 0.492 e. The number of ketones is 1. The lowest BCUT2D eigenvalue weighted by Crippen LogP contribution is -2.36. The molecule has 1 saturated heterocycles. The fraction of sp³-hybridized carbons (Fsp3) is 0.750. The second kappa shape index (κ2) is 19.3. The fourth-order valence-corrected chi connectivity index (χ4v) is 8.44. The quantitative estimate of drug-likeness (QED) is 0.0928. The lowest BCUT2D eigenvalue weighted by atomic mass is 10.1. The third-order valence-electron chi connectivity index (χ3n) is 6.55. The molecule has 1 aliphatic rings. The molecule has 47 heavy (non-hydrogen) atoms. The van der Waals surface area contributed by atoms with Crippen LogP contribution < -0.4 is 16.3 Å². The first kappa shape index (κ1) is 41.3. The Morgan fingerprint density at radius 3 is 2.09 bits per heavy atom. The van der Waals surface area contributed by atoms with Crippen LogP contribution in [0.1, 0.15) is 51.7 Å². The van der Waals surface area contributed by atoms with Crippen molar-refractivity contribution in [2.75, 3.05) is 53.5 Å². The first-order chi connectivity index (χ1) is 22.1. The molecule has 1 aromatic heterocycles. The first-order valence-electron chi connectivity index (χ1n) is 14.3. The van der Waals surface area contributed by atoms with Gasteiger partial charge in [0, 0.05) is 60.6 Å². The van der Waals surface area contributed by atoms with Crippen molar-refractivity contribution in [2.45, 2.75) is 70.0 Å². The van der Waals surface area contributed by atoms with Gasteiger partial charge in [0.1, 0.15) is 29.9 Å². The highest BCUT2D eigenvalue weighted by molar-refractivity contribution is 7.67. The molecule has 1 amide bonds. The molecule has 0 aliphatic carbocycles. The van der Waals surface area contributed by atoms with Crippen LogP contribution in [-0.2, 0) is 59.3 Å². The summed E-state index contributed by atoms with van der Waals surface area (Å²) in [5.41, 5.74) is -0.824. The summed E-state index contributed by atoms with van der Waals surface area (Å²) >= 11 is 0. The number of hydrogen-bond acceptors (Lipinski definition) is 18. The lowest BCUT2D eigenvalue weighted by molar-refractivity contribution is -0.121. The molecule has 270 valence electrons. The van der Waals surface area contributed by atoms with Crippen molar-refractivity contribution in [3.05, 3.63) is 22.7 Å². The average Bonchev–Trinajstić information content (AvgIpc) is 3.32. The molecule has 6 unspecified atom stereocenters. The summed E-state index contributed by atoms with van der Waals surface area (Å²) in [5.74, 6) is 0.265. The van der Waals surface area contributed by atoms with Crippen molar-refractivity contribution >= 4 is 41.0 Å². The maximum absolute atomic E-state index is 13.0. The van der Waals surface area contributed by atoms with Gasteiger partial charge in [0.25, 0.3) is 0 Å². The molecule has 1 aliphatic heterocycles. The molecule has 0 aromatic carbocycles. The highest BCUT2D eigenvalue weighted by atomic mass is 31.3. The van der Waals surface area contributed by atoms with Gasteiger partial charge in [-0.25, -0.2) is 18.5 Å². The van der Waals surface area contributed by atoms with Gasteiger partial charge in [-0.05, 0) is 38.7 Å². The largest absolute Gasteiger partial charge is 0.492 e. The molecule has 0 saturated carbocycles. The number of phosphoric acid groups is 3. The zero-order chi connectivity index (χ0) is 35.3. The Hall–Kier alpha value is -1.89. The minimum Gasteiger partial charge on any atom is -0.387 e. The molecule has 2 rings (SSSR count). The van der Waals surface area contributed by atoms with Crippen LogP contribution in [0.4, 0.5) is 5.82 Å². The topological polar surface area (TPSA) is 259 Å². The van der Waals surface area contributed by atoms with Crippen LogP contribution in [0.25, 0.3) is 0 Å². The van der Waals surface area contributed by atoms with Gasteiger partial charge in [0.2, 0.25) is 5.91 Å². The monoisotopic (exact) mass is 736 g/mol. The van der Waals surface area contributed by atoms with Crippen molar-refractivity contribution in [1.29, 1.82) is 0 Å². The van der Waals surface area contributed by atoms with E-state index in [2.05, 4.69) is 38.0 Å². The Morgan fingerprint density at radius 1 is 0.894 bits per heavy atom. The van der Waals surface area contributed by atoms with E-state index in [4.69, 9.17) is 13.6 Å². The first-order valence-corrected chi connectivity index (χ1v) is 18.7. The Bertz CT molecular complexity index is 1370. The van der Waals surface area contributed by atoms with Crippen molar-refractivity contribution in [1.82, 2.24) is 14.9 Å². The predicted octanol–water partition coefficient (Wildman–Crippen LogP) is 2.28. The molecule has 1 aromatic rings. The number of anilines is 1. The van der Waals surface area contributed by atoms with Crippen LogP contribution in [0.15, 0.2) is 17.1 Å². The number of aliphatic hydroxyl groups excluding tert-OH is 2. The number of nitrogens with one attached hydrogen (secondary N) is 2. The van der Waals surface area contributed by atoms with Gasteiger partial charge in [-0.2, -0.15) is 13.6 Å². The Labute approximate surface area is 271 Å². The van der Waals surface area contributed by atoms with Crippen LogP contribution in [0.2, 0.25) is 0 Å². The van der Waals surface area contributed by atoms with E-state index in [1.165, 1.54) is 19.2 Å². The normalized spacial score (nSPS) is 22.4. The number of phosphoric ester groups is 2. The summed E-state index contributed by atoms with van der Waals surface area (Å²) in [6.07, 6.45) is -1.37. The number of rotatable bonds is 23. The van der Waals surface area contributed by atoms with Gasteiger partial charge >= 0.3 is 29.2 Å². The number of aliphatic hydroxyl groups is 2. The van der Waals surface area contributed by atoms with E-state index in [9.17, 15) is 38.3 Å². The minimum atomic E-state index is -4.94. The van der Waals surface area contributed by atoms with Crippen LogP contribution in [0.3, 0.4) is 0 Å². The van der Waals surface area contributed by atoms with Crippen LogP contribution in [0.5, 0.6) is 0 Å². The summed E-state index contributed by atoms with van der Waals surface area (Å²) in [7, 11) is -10.7. The molecule has 0 bridgehead atoms. The standard InChI is InChI=1S/C24H43N4O16P3/c1-17(29)10-6-7-11-20(30)26-14-9-8-13-25-19-12-15-28(24(33)27-19)23-22(32)21(31)18(42-23)16-41-46(35,39-4)44-47(36,40-5)43-45(34,37-2)38-3/h12,15,18,21-23,31-32H,6-11,13-14,16H2,1-5H3,(H,26,30)(H,25,27,33). The zero-order valence-electron chi connectivity index (χ0n) is 26.7. The number of aromatic nitrogens is 2. The molecule has 0 spiro atoms. The molecule has 6 atom stereocenters. The number of ether oxygens (including phenoxy) is 1. The summed E-state index contributed by atoms with van der Waals surface area (Å²) in [5, 5.41) is 26.9. The van der Waals surface area contributed by atoms with Crippen LogP contribution in [0, 0.1) is 0 Å². The molecule has 2 heterocycles. The second-order valence-electron chi connectivity index (χ2n) is 9.97. The average molecular weight is 737 g/mol. The molecule has 0 radical (unpaired) electrons. The van der Waals surface area contributed by atoms with E-state index in [1.54, 1.807) is 0 Å². The fourth-order valence-electron chi connectivity index (χ4n) is 3.99. The Balaban J connectivity index is 1.89. The second-order valence-corrected chi connectivity index (χ2v) is 15.7. The third-order valence-corrected chi connectivity index (χ3v) is 12.0. The predicted molar refractivity (Wildman–Crippen MR) is 163 cm³/mol. The van der Waals surface area contributed by atoms with E-state index < -0.39 is 60.3 Å². The summed E-state index contributed by atoms with van der Waals surface area (Å²) in [6, 6.07) is 1.45. The molecule has 23 heteroatoms. The van der Waals surface area contributed by atoms with Crippen LogP contribution in [-0.4, -0.2) is 97.9 Å². The summed E-state index contributed by atoms with van der Waals surface area (Å²) in [6.45, 7) is 1.66. The maximum atomic E-state index is 13.0. The van der Waals surface area contributed by atoms with Gasteiger partial charge in [0.05, 0.1) is 6.61 Å². The minimum absolute atomic E-state index is 0.0763. The summed E-state index contributed by atoms with van der Waals surface area (Å²) in [4.78, 5) is 39.4. The number of carbonyl (C=O) groups is 2. The number of Topliss-reactive ketones (excluding diaryl/α,β-unsaturated/α-hetero) is 1. The van der Waals surface area contributed by atoms with E-state index >= 15 is 0 Å². The smallest absolute Gasteiger partial charge is 0.387 e. The van der Waals surface area contributed by atoms with Gasteiger partial charge in [-0.15, -0.1) is 0 Å². The highest BCUT2D eigenvalue weighted by Crippen LogP contribution is 2.72. The highest BCUT2D eigenvalue weighted by Gasteiger charge is 2.48. The van der Waals surface area contributed by atoms with Crippen molar-refractivity contribution < 1.29 is 69.5 Å². The van der Waals surface area contributed by atoms with E-state index in [0.29, 0.717) is 51.6 Å². The van der Waals surface area contributed by atoms with E-state index in [1.807, 2.05) is 0 Å². The molecule has 20 nitrogen and oxygen atoms in total. The molecular formula is C24H43N4O16P3. The van der Waals surface area contributed by atoms with E-state index in [-0.39, 0.29) is 17.5 Å².